The maximum atomic E-state index is 5.56. The van der Waals surface area contributed by atoms with Crippen molar-refractivity contribution in [2.75, 3.05) is 16.9 Å². The molecule has 2 aliphatic rings. The molecule has 0 amide bonds. The number of nitrogens with two attached hydrogens (primary N) is 1. The van der Waals surface area contributed by atoms with Crippen molar-refractivity contribution in [3.8, 4) is 0 Å². The quantitative estimate of drug-likeness (QED) is 0.655. The van der Waals surface area contributed by atoms with Crippen molar-refractivity contribution in [2.45, 2.75) is 57.9 Å². The topological polar surface area (TPSA) is 67.1 Å². The second-order valence-corrected chi connectivity index (χ2v) is 6.36. The van der Waals surface area contributed by atoms with Gasteiger partial charge in [0, 0.05) is 24.6 Å². The van der Waals surface area contributed by atoms with E-state index in [-0.39, 0.29) is 0 Å². The molecule has 20 heavy (non-hydrogen) atoms. The summed E-state index contributed by atoms with van der Waals surface area (Å²) >= 11 is 0. The standard InChI is InChI=1S/C15H25N5/c1-10(2)15-17-13(19-16)9-14(18-15)20-8-7-11-5-3-4-6-12(11)20/h9-12H,3-8,16H2,1-2H3,(H,17,18,19). The van der Waals surface area contributed by atoms with Gasteiger partial charge < -0.3 is 10.3 Å². The number of aromatic nitrogens is 2. The smallest absolute Gasteiger partial charge is 0.145 e. The van der Waals surface area contributed by atoms with Crippen LogP contribution in [-0.4, -0.2) is 22.6 Å². The average molecular weight is 275 g/mol. The van der Waals surface area contributed by atoms with E-state index >= 15 is 0 Å². The zero-order chi connectivity index (χ0) is 14.1. The molecule has 5 nitrogen and oxygen atoms in total. The van der Waals surface area contributed by atoms with Crippen molar-refractivity contribution < 1.29 is 0 Å². The van der Waals surface area contributed by atoms with Gasteiger partial charge in [0.2, 0.25) is 0 Å². The van der Waals surface area contributed by atoms with E-state index < -0.39 is 0 Å². The minimum Gasteiger partial charge on any atom is -0.353 e. The molecule has 2 fully saturated rings. The van der Waals surface area contributed by atoms with Gasteiger partial charge >= 0.3 is 0 Å². The first-order valence-electron chi connectivity index (χ1n) is 7.81. The van der Waals surface area contributed by atoms with Gasteiger partial charge in [0.25, 0.3) is 0 Å². The van der Waals surface area contributed by atoms with E-state index in [4.69, 9.17) is 10.8 Å². The SMILES string of the molecule is CC(C)c1nc(NN)cc(N2CCC3CCCCC32)n1. The van der Waals surface area contributed by atoms with Gasteiger partial charge in [-0.3, -0.25) is 0 Å². The number of nitrogens with one attached hydrogen (secondary N) is 1. The minimum absolute atomic E-state index is 0.312. The minimum atomic E-state index is 0.312. The van der Waals surface area contributed by atoms with Crippen LogP contribution in [0.25, 0.3) is 0 Å². The molecule has 0 radical (unpaired) electrons. The Balaban J connectivity index is 1.91. The Morgan fingerprint density at radius 1 is 1.25 bits per heavy atom. The Labute approximate surface area is 120 Å². The van der Waals surface area contributed by atoms with Gasteiger partial charge in [0.15, 0.2) is 0 Å². The van der Waals surface area contributed by atoms with Crippen LogP contribution in [0, 0.1) is 5.92 Å². The van der Waals surface area contributed by atoms with Crippen LogP contribution in [0.2, 0.25) is 0 Å². The fraction of sp³-hybridized carbons (Fsp3) is 0.733. The molecule has 0 bridgehead atoms. The third-order valence-electron chi connectivity index (χ3n) is 4.70. The molecule has 2 heterocycles. The lowest BCUT2D eigenvalue weighted by Gasteiger charge is -2.32. The lowest BCUT2D eigenvalue weighted by atomic mass is 9.85. The maximum absolute atomic E-state index is 5.56. The van der Waals surface area contributed by atoms with E-state index in [0.717, 1.165) is 29.9 Å². The van der Waals surface area contributed by atoms with Gasteiger partial charge in [-0.05, 0) is 25.2 Å². The monoisotopic (exact) mass is 275 g/mol. The second-order valence-electron chi connectivity index (χ2n) is 6.36. The number of anilines is 2. The predicted molar refractivity (Wildman–Crippen MR) is 81.6 cm³/mol. The summed E-state index contributed by atoms with van der Waals surface area (Å²) in [6.45, 7) is 5.35. The van der Waals surface area contributed by atoms with E-state index in [1.807, 2.05) is 6.07 Å². The molecule has 1 aromatic heterocycles. The highest BCUT2D eigenvalue weighted by Crippen LogP contribution is 2.38. The lowest BCUT2D eigenvalue weighted by Crippen LogP contribution is -2.35. The highest BCUT2D eigenvalue weighted by atomic mass is 15.3. The summed E-state index contributed by atoms with van der Waals surface area (Å²) < 4.78 is 0. The van der Waals surface area contributed by atoms with Crippen LogP contribution in [-0.2, 0) is 0 Å². The first-order chi connectivity index (χ1) is 9.69. The number of nitrogens with zero attached hydrogens (tertiary/aromatic N) is 3. The number of nitrogen functional groups attached to an aromatic ring is 1. The van der Waals surface area contributed by atoms with Gasteiger partial charge in [-0.2, -0.15) is 0 Å². The molecule has 3 N–H and O–H groups in total. The van der Waals surface area contributed by atoms with E-state index in [1.165, 1.54) is 32.1 Å². The fourth-order valence-corrected chi connectivity index (χ4v) is 3.62. The lowest BCUT2D eigenvalue weighted by molar-refractivity contribution is 0.341. The fourth-order valence-electron chi connectivity index (χ4n) is 3.62. The van der Waals surface area contributed by atoms with Crippen LogP contribution in [0.5, 0.6) is 0 Å². The van der Waals surface area contributed by atoms with E-state index in [2.05, 4.69) is 29.2 Å². The molecule has 0 spiro atoms. The summed E-state index contributed by atoms with van der Waals surface area (Å²) in [6.07, 6.45) is 6.73. The van der Waals surface area contributed by atoms with Gasteiger partial charge in [-0.25, -0.2) is 15.8 Å². The van der Waals surface area contributed by atoms with Gasteiger partial charge in [-0.15, -0.1) is 0 Å². The molecule has 5 heteroatoms. The molecule has 1 saturated carbocycles. The first-order valence-corrected chi connectivity index (χ1v) is 7.81. The normalized spacial score (nSPS) is 25.9. The summed E-state index contributed by atoms with van der Waals surface area (Å²) in [4.78, 5) is 11.7. The van der Waals surface area contributed by atoms with Crippen LogP contribution in [0.15, 0.2) is 6.07 Å². The molecule has 1 aliphatic carbocycles. The Kier molecular flexibility index (Phi) is 3.78. The van der Waals surface area contributed by atoms with Crippen molar-refractivity contribution in [1.29, 1.82) is 0 Å². The first kappa shape index (κ1) is 13.6. The van der Waals surface area contributed by atoms with E-state index in [9.17, 15) is 0 Å². The molecule has 1 aliphatic heterocycles. The van der Waals surface area contributed by atoms with Gasteiger partial charge in [0.1, 0.15) is 17.5 Å². The van der Waals surface area contributed by atoms with Gasteiger partial charge in [0.05, 0.1) is 0 Å². The zero-order valence-corrected chi connectivity index (χ0v) is 12.5. The maximum Gasteiger partial charge on any atom is 0.145 e. The molecule has 3 rings (SSSR count). The Morgan fingerprint density at radius 2 is 2.05 bits per heavy atom. The summed E-state index contributed by atoms with van der Waals surface area (Å²) in [6, 6.07) is 2.66. The molecule has 0 aromatic carbocycles. The summed E-state index contributed by atoms with van der Waals surface area (Å²) in [7, 11) is 0. The largest absolute Gasteiger partial charge is 0.353 e. The molecular weight excluding hydrogens is 250 g/mol. The molecule has 110 valence electrons. The van der Waals surface area contributed by atoms with Crippen LogP contribution in [0.3, 0.4) is 0 Å². The van der Waals surface area contributed by atoms with Crippen molar-refractivity contribution >= 4 is 11.6 Å². The van der Waals surface area contributed by atoms with Gasteiger partial charge in [-0.1, -0.05) is 26.7 Å². The molecule has 2 unspecified atom stereocenters. The average Bonchev–Trinajstić information content (AvgIpc) is 2.90. The highest BCUT2D eigenvalue weighted by molar-refractivity contribution is 5.51. The number of hydrogen-bond donors (Lipinski definition) is 2. The van der Waals surface area contributed by atoms with E-state index in [1.54, 1.807) is 0 Å². The molecule has 1 saturated heterocycles. The Bertz CT molecular complexity index is 473. The van der Waals surface area contributed by atoms with Crippen molar-refractivity contribution in [1.82, 2.24) is 9.97 Å². The number of hydrogen-bond acceptors (Lipinski definition) is 5. The number of hydrazine groups is 1. The Morgan fingerprint density at radius 3 is 2.80 bits per heavy atom. The van der Waals surface area contributed by atoms with Crippen LogP contribution < -0.4 is 16.2 Å². The predicted octanol–water partition coefficient (Wildman–Crippen LogP) is 2.65. The van der Waals surface area contributed by atoms with Crippen LogP contribution in [0.1, 0.15) is 57.7 Å². The number of rotatable bonds is 3. The molecular formula is C15H25N5. The van der Waals surface area contributed by atoms with Crippen LogP contribution in [0.4, 0.5) is 11.6 Å². The highest BCUT2D eigenvalue weighted by Gasteiger charge is 2.36. The van der Waals surface area contributed by atoms with Crippen molar-refractivity contribution in [2.24, 2.45) is 11.8 Å². The Hall–Kier alpha value is -1.36. The molecule has 1 aromatic rings. The van der Waals surface area contributed by atoms with Crippen molar-refractivity contribution in [3.63, 3.8) is 0 Å². The zero-order valence-electron chi connectivity index (χ0n) is 12.5. The second kappa shape index (κ2) is 5.56. The van der Waals surface area contributed by atoms with Crippen LogP contribution >= 0.6 is 0 Å². The van der Waals surface area contributed by atoms with Crippen molar-refractivity contribution in [3.05, 3.63) is 11.9 Å². The van der Waals surface area contributed by atoms with E-state index in [0.29, 0.717) is 12.0 Å². The third-order valence-corrected chi connectivity index (χ3v) is 4.70. The third kappa shape index (κ3) is 2.46. The number of fused-ring (bicyclic) bond motifs is 1. The summed E-state index contributed by atoms with van der Waals surface area (Å²) in [5.74, 6) is 9.37. The summed E-state index contributed by atoms with van der Waals surface area (Å²) in [5.41, 5.74) is 2.68. The molecule has 2 atom stereocenters. The summed E-state index contributed by atoms with van der Waals surface area (Å²) in [5, 5.41) is 0.